The van der Waals surface area contributed by atoms with Gasteiger partial charge in [0, 0.05) is 24.3 Å². The number of nitrogens with zero attached hydrogens (tertiary/aromatic N) is 1. The summed E-state index contributed by atoms with van der Waals surface area (Å²) >= 11 is 0. The Morgan fingerprint density at radius 2 is 1.42 bits per heavy atom. The number of para-hydroxylation sites is 2. The predicted molar refractivity (Wildman–Crippen MR) is 128 cm³/mol. The number of amides is 2. The van der Waals surface area contributed by atoms with E-state index in [1.807, 2.05) is 18.2 Å². The molecule has 1 aliphatic rings. The van der Waals surface area contributed by atoms with E-state index >= 15 is 0 Å². The lowest BCUT2D eigenvalue weighted by Gasteiger charge is -2.26. The molecule has 4 rings (SSSR count). The number of benzene rings is 3. The molecule has 1 aliphatic heterocycles. The molecule has 33 heavy (non-hydrogen) atoms. The topological polar surface area (TPSA) is 95.6 Å². The smallest absolute Gasteiger partial charge is 0.257 e. The monoisotopic (exact) mass is 463 g/mol. The molecule has 170 valence electrons. The van der Waals surface area contributed by atoms with Gasteiger partial charge in [0.1, 0.15) is 0 Å². The Morgan fingerprint density at radius 1 is 0.727 bits per heavy atom. The van der Waals surface area contributed by atoms with Gasteiger partial charge >= 0.3 is 0 Å². The molecule has 0 unspecified atom stereocenters. The van der Waals surface area contributed by atoms with Crippen molar-refractivity contribution in [2.45, 2.75) is 24.2 Å². The van der Waals surface area contributed by atoms with Gasteiger partial charge < -0.3 is 10.6 Å². The van der Waals surface area contributed by atoms with E-state index in [0.717, 1.165) is 19.3 Å². The average molecular weight is 464 g/mol. The van der Waals surface area contributed by atoms with Crippen LogP contribution in [0.4, 0.5) is 11.4 Å². The lowest BCUT2D eigenvalue weighted by atomic mass is 10.1. The van der Waals surface area contributed by atoms with Gasteiger partial charge in [-0.3, -0.25) is 9.59 Å². The second-order valence-corrected chi connectivity index (χ2v) is 9.75. The summed E-state index contributed by atoms with van der Waals surface area (Å²) in [5.41, 5.74) is 1.47. The minimum Gasteiger partial charge on any atom is -0.322 e. The Labute approximate surface area is 193 Å². The third-order valence-electron chi connectivity index (χ3n) is 5.50. The molecule has 3 aromatic carbocycles. The van der Waals surface area contributed by atoms with Gasteiger partial charge in [-0.25, -0.2) is 8.42 Å². The maximum atomic E-state index is 13.0. The number of nitrogens with one attached hydrogen (secondary N) is 2. The van der Waals surface area contributed by atoms with Gasteiger partial charge in [-0.1, -0.05) is 42.8 Å². The van der Waals surface area contributed by atoms with Crippen LogP contribution in [0.3, 0.4) is 0 Å². The highest BCUT2D eigenvalue weighted by molar-refractivity contribution is 7.89. The standard InChI is InChI=1S/C25H25N3O4S/c29-24(19-10-9-13-21(18-19)33(31,32)28-16-7-2-8-17-28)27-23-15-6-5-14-22(23)25(30)26-20-11-3-1-4-12-20/h1,3-6,9-15,18H,2,7-8,16-17H2,(H,26,30)(H,27,29). The normalized spacial score (nSPS) is 14.4. The first-order valence-electron chi connectivity index (χ1n) is 10.8. The van der Waals surface area contributed by atoms with Gasteiger partial charge in [0.15, 0.2) is 0 Å². The van der Waals surface area contributed by atoms with E-state index in [9.17, 15) is 18.0 Å². The molecule has 3 aromatic rings. The Bertz CT molecular complexity index is 1250. The third-order valence-corrected chi connectivity index (χ3v) is 7.40. The van der Waals surface area contributed by atoms with E-state index in [2.05, 4.69) is 10.6 Å². The molecule has 2 N–H and O–H groups in total. The van der Waals surface area contributed by atoms with Crippen molar-refractivity contribution in [3.8, 4) is 0 Å². The fraction of sp³-hybridized carbons (Fsp3) is 0.200. The fourth-order valence-corrected chi connectivity index (χ4v) is 5.32. The highest BCUT2D eigenvalue weighted by atomic mass is 32.2. The molecule has 0 aromatic heterocycles. The van der Waals surface area contributed by atoms with Crippen molar-refractivity contribution in [2.75, 3.05) is 23.7 Å². The minimum absolute atomic E-state index is 0.0900. The Kier molecular flexibility index (Phi) is 6.86. The summed E-state index contributed by atoms with van der Waals surface area (Å²) in [6, 6.07) is 21.7. The molecule has 8 heteroatoms. The average Bonchev–Trinajstić information content (AvgIpc) is 2.85. The number of sulfonamides is 1. The van der Waals surface area contributed by atoms with Crippen LogP contribution in [0.25, 0.3) is 0 Å². The summed E-state index contributed by atoms with van der Waals surface area (Å²) in [7, 11) is -3.66. The van der Waals surface area contributed by atoms with Crippen molar-refractivity contribution in [3.63, 3.8) is 0 Å². The molecule has 1 fully saturated rings. The number of carbonyl (C=O) groups excluding carboxylic acids is 2. The van der Waals surface area contributed by atoms with Gasteiger partial charge in [0.25, 0.3) is 11.8 Å². The van der Waals surface area contributed by atoms with Crippen LogP contribution in [0.2, 0.25) is 0 Å². The second-order valence-electron chi connectivity index (χ2n) is 7.81. The molecule has 0 saturated carbocycles. The zero-order chi connectivity index (χ0) is 23.3. The SMILES string of the molecule is O=C(Nc1ccccc1C(=O)Nc1ccccc1)c1cccc(S(=O)(=O)N2CCCCC2)c1. The largest absolute Gasteiger partial charge is 0.322 e. The van der Waals surface area contributed by atoms with Crippen LogP contribution >= 0.6 is 0 Å². The molecule has 7 nitrogen and oxygen atoms in total. The molecule has 0 aliphatic carbocycles. The summed E-state index contributed by atoms with van der Waals surface area (Å²) in [4.78, 5) is 25.8. The summed E-state index contributed by atoms with van der Waals surface area (Å²) in [6.07, 6.45) is 2.69. The highest BCUT2D eigenvalue weighted by Crippen LogP contribution is 2.23. The van der Waals surface area contributed by atoms with Gasteiger partial charge in [0.2, 0.25) is 10.0 Å². The number of hydrogen-bond donors (Lipinski definition) is 2. The number of carbonyl (C=O) groups is 2. The van der Waals surface area contributed by atoms with E-state index in [1.165, 1.54) is 16.4 Å². The summed E-state index contributed by atoms with van der Waals surface area (Å²) in [5.74, 6) is -0.857. The number of anilines is 2. The van der Waals surface area contributed by atoms with E-state index in [0.29, 0.717) is 30.0 Å². The van der Waals surface area contributed by atoms with Crippen LogP contribution in [0.1, 0.15) is 40.0 Å². The van der Waals surface area contributed by atoms with Crippen molar-refractivity contribution >= 4 is 33.2 Å². The van der Waals surface area contributed by atoms with Gasteiger partial charge in [-0.15, -0.1) is 0 Å². The summed E-state index contributed by atoms with van der Waals surface area (Å²) in [5, 5.41) is 5.55. The van der Waals surface area contributed by atoms with E-state index in [1.54, 1.807) is 48.5 Å². The van der Waals surface area contributed by atoms with Crippen molar-refractivity contribution < 1.29 is 18.0 Å². The molecular weight excluding hydrogens is 438 g/mol. The van der Waals surface area contributed by atoms with E-state index in [-0.39, 0.29) is 16.4 Å². The van der Waals surface area contributed by atoms with Crippen molar-refractivity contribution in [3.05, 3.63) is 90.0 Å². The van der Waals surface area contributed by atoms with Crippen molar-refractivity contribution in [2.24, 2.45) is 0 Å². The molecular formula is C25H25N3O4S. The number of piperidine rings is 1. The predicted octanol–water partition coefficient (Wildman–Crippen LogP) is 4.37. The van der Waals surface area contributed by atoms with E-state index < -0.39 is 15.9 Å². The van der Waals surface area contributed by atoms with Crippen LogP contribution in [0.5, 0.6) is 0 Å². The molecule has 0 atom stereocenters. The molecule has 2 amide bonds. The van der Waals surface area contributed by atoms with Gasteiger partial charge in [0.05, 0.1) is 16.1 Å². The maximum absolute atomic E-state index is 13.0. The maximum Gasteiger partial charge on any atom is 0.257 e. The summed E-state index contributed by atoms with van der Waals surface area (Å²) in [6.45, 7) is 0.977. The van der Waals surface area contributed by atoms with Crippen LogP contribution in [0, 0.1) is 0 Å². The first kappa shape index (κ1) is 22.7. The second kappa shape index (κ2) is 9.97. The van der Waals surface area contributed by atoms with Crippen LogP contribution in [-0.2, 0) is 10.0 Å². The van der Waals surface area contributed by atoms with Crippen molar-refractivity contribution in [1.82, 2.24) is 4.31 Å². The van der Waals surface area contributed by atoms with E-state index in [4.69, 9.17) is 0 Å². The molecule has 0 radical (unpaired) electrons. The Balaban J connectivity index is 1.54. The van der Waals surface area contributed by atoms with Crippen LogP contribution < -0.4 is 10.6 Å². The lowest BCUT2D eigenvalue weighted by Crippen LogP contribution is -2.35. The Hall–Kier alpha value is -3.49. The third kappa shape index (κ3) is 5.30. The minimum atomic E-state index is -3.66. The highest BCUT2D eigenvalue weighted by Gasteiger charge is 2.26. The molecule has 1 saturated heterocycles. The molecule has 0 spiro atoms. The van der Waals surface area contributed by atoms with Crippen molar-refractivity contribution in [1.29, 1.82) is 0 Å². The molecule has 0 bridgehead atoms. The fourth-order valence-electron chi connectivity index (χ4n) is 3.76. The number of hydrogen-bond acceptors (Lipinski definition) is 4. The lowest BCUT2D eigenvalue weighted by molar-refractivity contribution is 0.102. The quantitative estimate of drug-likeness (QED) is 0.568. The Morgan fingerprint density at radius 3 is 2.18 bits per heavy atom. The zero-order valence-corrected chi connectivity index (χ0v) is 18.8. The van der Waals surface area contributed by atoms with Gasteiger partial charge in [-0.05, 0) is 55.3 Å². The summed E-state index contributed by atoms with van der Waals surface area (Å²) < 4.78 is 27.4. The molecule has 1 heterocycles. The van der Waals surface area contributed by atoms with Crippen LogP contribution in [-0.4, -0.2) is 37.6 Å². The first-order chi connectivity index (χ1) is 15.9. The van der Waals surface area contributed by atoms with Gasteiger partial charge in [-0.2, -0.15) is 4.31 Å². The number of rotatable bonds is 6. The van der Waals surface area contributed by atoms with Crippen LogP contribution in [0.15, 0.2) is 83.8 Å². The first-order valence-corrected chi connectivity index (χ1v) is 12.3. The zero-order valence-electron chi connectivity index (χ0n) is 18.0.